The minimum atomic E-state index is -1.86. The first-order chi connectivity index (χ1) is 10.0. The van der Waals surface area contributed by atoms with Crippen LogP contribution in [0.2, 0.25) is 0 Å². The van der Waals surface area contributed by atoms with Gasteiger partial charge < -0.3 is 11.6 Å². The predicted octanol–water partition coefficient (Wildman–Crippen LogP) is -0.256. The van der Waals surface area contributed by atoms with Crippen LogP contribution in [0.25, 0.3) is 0 Å². The van der Waals surface area contributed by atoms with Gasteiger partial charge in [0, 0.05) is 0 Å². The normalized spacial score (nSPS) is 10.5. The number of hydrogen-bond acceptors (Lipinski definition) is 2. The van der Waals surface area contributed by atoms with Crippen LogP contribution in [0.5, 0.6) is 0 Å². The van der Waals surface area contributed by atoms with Gasteiger partial charge in [-0.3, -0.25) is 9.59 Å². The maximum Gasteiger partial charge on any atom is 1.00 e. The van der Waals surface area contributed by atoms with Gasteiger partial charge in [-0.1, -0.05) is 60.7 Å². The summed E-state index contributed by atoms with van der Waals surface area (Å²) in [6.45, 7) is 0. The van der Waals surface area contributed by atoms with Crippen molar-refractivity contribution in [3.63, 3.8) is 0 Å². The molecule has 2 aromatic carbocycles. The van der Waals surface area contributed by atoms with Crippen LogP contribution in [-0.4, -0.2) is 22.2 Å². The second-order valence-electron chi connectivity index (χ2n) is 5.02. The van der Waals surface area contributed by atoms with Crippen molar-refractivity contribution in [2.75, 3.05) is 0 Å². The van der Waals surface area contributed by atoms with E-state index in [1.165, 1.54) is 0 Å². The summed E-state index contributed by atoms with van der Waals surface area (Å²) in [5, 5.41) is 19.1. The van der Waals surface area contributed by atoms with Gasteiger partial charge in [-0.15, -0.1) is 0 Å². The van der Waals surface area contributed by atoms with Crippen LogP contribution in [0.15, 0.2) is 60.7 Å². The number of carbonyl (C=O) groups is 2. The Morgan fingerprint density at radius 3 is 1.36 bits per heavy atom. The molecule has 0 fully saturated rings. The largest absolute Gasteiger partial charge is 1.00 e. The van der Waals surface area contributed by atoms with Gasteiger partial charge in [0.2, 0.25) is 0 Å². The molecular formula is C17H17NaO4. The molecule has 0 aromatic heterocycles. The fourth-order valence-electron chi connectivity index (χ4n) is 2.35. The Kier molecular flexibility index (Phi) is 6.81. The van der Waals surface area contributed by atoms with E-state index in [2.05, 4.69) is 0 Å². The number of hydrogen-bond donors (Lipinski definition) is 2. The third-order valence-electron chi connectivity index (χ3n) is 3.52. The summed E-state index contributed by atoms with van der Waals surface area (Å²) in [4.78, 5) is 23.4. The second kappa shape index (κ2) is 8.13. The van der Waals surface area contributed by atoms with Gasteiger partial charge in [0.15, 0.2) is 5.41 Å². The van der Waals surface area contributed by atoms with Crippen molar-refractivity contribution in [1.29, 1.82) is 0 Å². The minimum Gasteiger partial charge on any atom is -1.00 e. The first-order valence-corrected chi connectivity index (χ1v) is 6.59. The van der Waals surface area contributed by atoms with E-state index in [0.29, 0.717) is 11.1 Å². The molecule has 0 aliphatic carbocycles. The zero-order valence-corrected chi connectivity index (χ0v) is 14.4. The summed E-state index contributed by atoms with van der Waals surface area (Å²) >= 11 is 0. The van der Waals surface area contributed by atoms with Crippen LogP contribution in [0, 0.1) is 5.41 Å². The Morgan fingerprint density at radius 1 is 0.773 bits per heavy atom. The number of aliphatic carboxylic acids is 2. The summed E-state index contributed by atoms with van der Waals surface area (Å²) in [5.41, 5.74) is -0.473. The molecule has 5 heteroatoms. The number of carboxylic acids is 2. The second-order valence-corrected chi connectivity index (χ2v) is 5.02. The SMILES string of the molecule is O=C(O)C(Cc1ccccc1)(Cc1ccccc1)C(=O)O.[H-].[Na+]. The van der Waals surface area contributed by atoms with Crippen molar-refractivity contribution in [2.24, 2.45) is 5.41 Å². The summed E-state index contributed by atoms with van der Waals surface area (Å²) in [5.74, 6) is -2.63. The zero-order valence-electron chi connectivity index (χ0n) is 13.4. The van der Waals surface area contributed by atoms with E-state index in [1.807, 2.05) is 12.1 Å². The quantitative estimate of drug-likeness (QED) is 0.570. The van der Waals surface area contributed by atoms with Crippen molar-refractivity contribution in [3.8, 4) is 0 Å². The van der Waals surface area contributed by atoms with Gasteiger partial charge in [-0.25, -0.2) is 0 Å². The molecule has 110 valence electrons. The molecule has 0 spiro atoms. The molecule has 0 unspecified atom stereocenters. The Hall–Kier alpha value is -1.62. The van der Waals surface area contributed by atoms with Crippen molar-refractivity contribution < 1.29 is 50.8 Å². The van der Waals surface area contributed by atoms with Crippen LogP contribution >= 0.6 is 0 Å². The van der Waals surface area contributed by atoms with Crippen LogP contribution in [0.3, 0.4) is 0 Å². The molecular weight excluding hydrogens is 291 g/mol. The van der Waals surface area contributed by atoms with Gasteiger partial charge in [-0.05, 0) is 24.0 Å². The van der Waals surface area contributed by atoms with Crippen molar-refractivity contribution in [1.82, 2.24) is 0 Å². The summed E-state index contributed by atoms with van der Waals surface area (Å²) in [6, 6.07) is 17.7. The maximum atomic E-state index is 11.7. The molecule has 0 bridgehead atoms. The molecule has 2 rings (SSSR count). The van der Waals surface area contributed by atoms with E-state index in [0.717, 1.165) is 0 Å². The molecule has 0 heterocycles. The smallest absolute Gasteiger partial charge is 1.00 e. The molecule has 2 N–H and O–H groups in total. The van der Waals surface area contributed by atoms with E-state index < -0.39 is 17.4 Å². The van der Waals surface area contributed by atoms with E-state index in [1.54, 1.807) is 48.5 Å². The van der Waals surface area contributed by atoms with Gasteiger partial charge in [0.25, 0.3) is 0 Å². The molecule has 4 nitrogen and oxygen atoms in total. The summed E-state index contributed by atoms with van der Waals surface area (Å²) in [6.07, 6.45) is -0.0964. The minimum absolute atomic E-state index is 0. The summed E-state index contributed by atoms with van der Waals surface area (Å²) < 4.78 is 0. The Balaban J connectivity index is 0.00000242. The number of benzene rings is 2. The van der Waals surface area contributed by atoms with Gasteiger partial charge in [0.1, 0.15) is 0 Å². The Labute approximate surface area is 152 Å². The van der Waals surface area contributed by atoms with E-state index in [-0.39, 0.29) is 43.8 Å². The molecule has 0 amide bonds. The standard InChI is InChI=1S/C17H16O4.Na.H/c18-15(19)17(16(20)21,11-13-7-3-1-4-8-13)12-14-9-5-2-6-10-14;;/h1-10H,11-12H2,(H,18,19)(H,20,21);;/q;+1;-1. The van der Waals surface area contributed by atoms with Crippen molar-refractivity contribution >= 4 is 11.9 Å². The molecule has 22 heavy (non-hydrogen) atoms. The third kappa shape index (κ3) is 4.19. The van der Waals surface area contributed by atoms with E-state index >= 15 is 0 Å². The molecule has 0 saturated heterocycles. The molecule has 2 aromatic rings. The van der Waals surface area contributed by atoms with E-state index in [9.17, 15) is 19.8 Å². The van der Waals surface area contributed by atoms with Gasteiger partial charge in [0.05, 0.1) is 0 Å². The fraction of sp³-hybridized carbons (Fsp3) is 0.176. The van der Waals surface area contributed by atoms with Gasteiger partial charge >= 0.3 is 41.5 Å². The van der Waals surface area contributed by atoms with Crippen LogP contribution in [-0.2, 0) is 22.4 Å². The zero-order chi connectivity index (χ0) is 15.3. The summed E-state index contributed by atoms with van der Waals surface area (Å²) in [7, 11) is 0. The van der Waals surface area contributed by atoms with Crippen molar-refractivity contribution in [2.45, 2.75) is 12.8 Å². The van der Waals surface area contributed by atoms with Crippen LogP contribution in [0.4, 0.5) is 0 Å². The van der Waals surface area contributed by atoms with Crippen LogP contribution in [0.1, 0.15) is 12.6 Å². The topological polar surface area (TPSA) is 74.6 Å². The average molecular weight is 308 g/mol. The fourth-order valence-corrected chi connectivity index (χ4v) is 2.35. The third-order valence-corrected chi connectivity index (χ3v) is 3.52. The molecule has 0 atom stereocenters. The monoisotopic (exact) mass is 308 g/mol. The first kappa shape index (κ1) is 18.4. The first-order valence-electron chi connectivity index (χ1n) is 6.59. The average Bonchev–Trinajstić information content (AvgIpc) is 2.48. The van der Waals surface area contributed by atoms with Crippen LogP contribution < -0.4 is 29.6 Å². The molecule has 0 aliphatic rings. The molecule has 0 aliphatic heterocycles. The maximum absolute atomic E-state index is 11.7. The van der Waals surface area contributed by atoms with Gasteiger partial charge in [-0.2, -0.15) is 0 Å². The number of carboxylic acid groups (broad SMARTS) is 2. The Morgan fingerprint density at radius 2 is 1.09 bits per heavy atom. The Bertz CT molecular complexity index is 574. The molecule has 0 saturated carbocycles. The molecule has 0 radical (unpaired) electrons. The number of rotatable bonds is 6. The van der Waals surface area contributed by atoms with E-state index in [4.69, 9.17) is 0 Å². The predicted molar refractivity (Wildman–Crippen MR) is 79.1 cm³/mol. The van der Waals surface area contributed by atoms with Crippen molar-refractivity contribution in [3.05, 3.63) is 71.8 Å².